The van der Waals surface area contributed by atoms with Crippen LogP contribution in [0.25, 0.3) is 0 Å². The SMILES string of the molecule is CCNc1snnc1CN(CCC#N)CCOC. The summed E-state index contributed by atoms with van der Waals surface area (Å²) in [5.41, 5.74) is 0.941. The fourth-order valence-corrected chi connectivity index (χ4v) is 2.16. The number of nitrogens with one attached hydrogen (secondary N) is 1. The van der Waals surface area contributed by atoms with Crippen LogP contribution in [-0.4, -0.2) is 47.8 Å². The van der Waals surface area contributed by atoms with Crippen molar-refractivity contribution in [1.82, 2.24) is 14.5 Å². The highest BCUT2D eigenvalue weighted by atomic mass is 32.1. The molecule has 18 heavy (non-hydrogen) atoms. The highest BCUT2D eigenvalue weighted by Gasteiger charge is 2.12. The van der Waals surface area contributed by atoms with Gasteiger partial charge in [-0.15, -0.1) is 5.10 Å². The number of ether oxygens (including phenoxy) is 1. The Morgan fingerprint density at radius 2 is 2.33 bits per heavy atom. The third kappa shape index (κ3) is 4.96. The predicted molar refractivity (Wildman–Crippen MR) is 71.5 cm³/mol. The van der Waals surface area contributed by atoms with E-state index in [1.807, 2.05) is 6.92 Å². The molecule has 0 saturated heterocycles. The number of nitrogens with zero attached hydrogens (tertiary/aromatic N) is 4. The number of anilines is 1. The van der Waals surface area contributed by atoms with Gasteiger partial charge in [0.05, 0.1) is 12.7 Å². The second kappa shape index (κ2) is 8.80. The molecule has 0 fully saturated rings. The molecular formula is C11H19N5OS. The second-order valence-electron chi connectivity index (χ2n) is 3.76. The van der Waals surface area contributed by atoms with Crippen molar-refractivity contribution in [3.05, 3.63) is 5.69 Å². The Balaban J connectivity index is 2.57. The fraction of sp³-hybridized carbons (Fsp3) is 0.727. The molecule has 0 amide bonds. The van der Waals surface area contributed by atoms with Crippen LogP contribution in [-0.2, 0) is 11.3 Å². The summed E-state index contributed by atoms with van der Waals surface area (Å²) in [6.45, 7) is 5.77. The van der Waals surface area contributed by atoms with E-state index in [0.717, 1.165) is 30.3 Å². The average molecular weight is 269 g/mol. The molecule has 7 heteroatoms. The van der Waals surface area contributed by atoms with E-state index >= 15 is 0 Å². The third-order valence-corrected chi connectivity index (χ3v) is 3.14. The zero-order valence-corrected chi connectivity index (χ0v) is 11.7. The Hall–Kier alpha value is -1.23. The molecule has 100 valence electrons. The summed E-state index contributed by atoms with van der Waals surface area (Å²) in [6.07, 6.45) is 0.512. The molecule has 0 aliphatic rings. The normalized spacial score (nSPS) is 10.6. The van der Waals surface area contributed by atoms with Crippen molar-refractivity contribution in [3.63, 3.8) is 0 Å². The van der Waals surface area contributed by atoms with Gasteiger partial charge >= 0.3 is 0 Å². The minimum atomic E-state index is 0.512. The maximum Gasteiger partial charge on any atom is 0.134 e. The van der Waals surface area contributed by atoms with E-state index in [1.54, 1.807) is 7.11 Å². The van der Waals surface area contributed by atoms with E-state index in [9.17, 15) is 0 Å². The largest absolute Gasteiger partial charge is 0.383 e. The Kier molecular flexibility index (Phi) is 7.25. The monoisotopic (exact) mass is 269 g/mol. The first-order valence-electron chi connectivity index (χ1n) is 5.95. The molecule has 1 N–H and O–H groups in total. The van der Waals surface area contributed by atoms with Crippen LogP contribution in [0.1, 0.15) is 19.0 Å². The van der Waals surface area contributed by atoms with Crippen LogP contribution in [0.5, 0.6) is 0 Å². The Morgan fingerprint density at radius 3 is 3.00 bits per heavy atom. The van der Waals surface area contributed by atoms with Crippen molar-refractivity contribution in [1.29, 1.82) is 5.26 Å². The van der Waals surface area contributed by atoms with Crippen LogP contribution in [0.4, 0.5) is 5.00 Å². The van der Waals surface area contributed by atoms with Gasteiger partial charge in [-0.1, -0.05) is 4.49 Å². The number of aromatic nitrogens is 2. The summed E-state index contributed by atoms with van der Waals surface area (Å²) < 4.78 is 9.04. The summed E-state index contributed by atoms with van der Waals surface area (Å²) in [6, 6.07) is 2.16. The van der Waals surface area contributed by atoms with Gasteiger partial charge in [0.2, 0.25) is 0 Å². The van der Waals surface area contributed by atoms with Gasteiger partial charge in [-0.05, 0) is 6.92 Å². The minimum Gasteiger partial charge on any atom is -0.383 e. The van der Waals surface area contributed by atoms with E-state index in [0.29, 0.717) is 19.6 Å². The average Bonchev–Trinajstić information content (AvgIpc) is 2.80. The first kappa shape index (κ1) is 14.8. The van der Waals surface area contributed by atoms with Crippen molar-refractivity contribution in [2.75, 3.05) is 38.7 Å². The molecule has 0 bridgehead atoms. The zero-order valence-electron chi connectivity index (χ0n) is 10.8. The van der Waals surface area contributed by atoms with Crippen molar-refractivity contribution in [2.45, 2.75) is 19.9 Å². The Bertz CT molecular complexity index is 376. The summed E-state index contributed by atoms with van der Waals surface area (Å²) in [7, 11) is 1.68. The molecule has 0 atom stereocenters. The number of hydrogen-bond acceptors (Lipinski definition) is 7. The van der Waals surface area contributed by atoms with Crippen LogP contribution in [0.2, 0.25) is 0 Å². The highest BCUT2D eigenvalue weighted by molar-refractivity contribution is 7.10. The first-order chi connectivity index (χ1) is 8.81. The maximum atomic E-state index is 8.66. The third-order valence-electron chi connectivity index (χ3n) is 2.42. The number of methoxy groups -OCH3 is 1. The van der Waals surface area contributed by atoms with Crippen LogP contribution < -0.4 is 5.32 Å². The topological polar surface area (TPSA) is 74.1 Å². The molecule has 0 aromatic carbocycles. The van der Waals surface area contributed by atoms with Crippen LogP contribution in [0, 0.1) is 11.3 Å². The number of nitriles is 1. The Morgan fingerprint density at radius 1 is 1.50 bits per heavy atom. The van der Waals surface area contributed by atoms with E-state index in [-0.39, 0.29) is 0 Å². The molecule has 6 nitrogen and oxygen atoms in total. The smallest absolute Gasteiger partial charge is 0.134 e. The Labute approximate surface area is 112 Å². The molecular weight excluding hydrogens is 250 g/mol. The first-order valence-corrected chi connectivity index (χ1v) is 6.72. The summed E-state index contributed by atoms with van der Waals surface area (Å²) in [5.74, 6) is 0. The highest BCUT2D eigenvalue weighted by Crippen LogP contribution is 2.19. The maximum absolute atomic E-state index is 8.66. The molecule has 0 unspecified atom stereocenters. The molecule has 0 spiro atoms. The van der Waals surface area contributed by atoms with Gasteiger partial charge in [-0.25, -0.2) is 0 Å². The second-order valence-corrected chi connectivity index (χ2v) is 4.51. The molecule has 0 saturated carbocycles. The van der Waals surface area contributed by atoms with Crippen LogP contribution in [0.15, 0.2) is 0 Å². The number of hydrogen-bond donors (Lipinski definition) is 1. The molecule has 1 aromatic rings. The van der Waals surface area contributed by atoms with E-state index < -0.39 is 0 Å². The van der Waals surface area contributed by atoms with Gasteiger partial charge in [0.1, 0.15) is 10.7 Å². The van der Waals surface area contributed by atoms with Crippen LogP contribution >= 0.6 is 11.5 Å². The summed E-state index contributed by atoms with van der Waals surface area (Å²) in [4.78, 5) is 2.16. The van der Waals surface area contributed by atoms with E-state index in [1.165, 1.54) is 11.5 Å². The molecule has 0 aliphatic heterocycles. The van der Waals surface area contributed by atoms with Crippen molar-refractivity contribution < 1.29 is 4.74 Å². The molecule has 1 aromatic heterocycles. The van der Waals surface area contributed by atoms with Gasteiger partial charge in [0.25, 0.3) is 0 Å². The van der Waals surface area contributed by atoms with E-state index in [2.05, 4.69) is 25.9 Å². The summed E-state index contributed by atoms with van der Waals surface area (Å²) in [5, 5.41) is 17.0. The van der Waals surface area contributed by atoms with Gasteiger partial charge in [0, 0.05) is 51.2 Å². The fourth-order valence-electron chi connectivity index (χ4n) is 1.52. The van der Waals surface area contributed by atoms with Gasteiger partial charge in [-0.2, -0.15) is 5.26 Å². The minimum absolute atomic E-state index is 0.512. The standard InChI is InChI=1S/C11H19N5OS/c1-3-13-11-10(14-15-18-11)9-16(6-4-5-12)7-8-17-2/h13H,3-4,6-9H2,1-2H3. The van der Waals surface area contributed by atoms with Crippen molar-refractivity contribution in [2.24, 2.45) is 0 Å². The van der Waals surface area contributed by atoms with Gasteiger partial charge in [-0.3, -0.25) is 4.90 Å². The molecule has 1 rings (SSSR count). The quantitative estimate of drug-likeness (QED) is 0.729. The molecule has 0 aliphatic carbocycles. The number of rotatable bonds is 9. The lowest BCUT2D eigenvalue weighted by molar-refractivity contribution is 0.144. The lowest BCUT2D eigenvalue weighted by atomic mass is 10.3. The van der Waals surface area contributed by atoms with Crippen LogP contribution in [0.3, 0.4) is 0 Å². The lowest BCUT2D eigenvalue weighted by Gasteiger charge is -2.19. The van der Waals surface area contributed by atoms with Crippen molar-refractivity contribution >= 4 is 16.5 Å². The van der Waals surface area contributed by atoms with E-state index in [4.69, 9.17) is 10.00 Å². The van der Waals surface area contributed by atoms with Gasteiger partial charge in [0.15, 0.2) is 0 Å². The lowest BCUT2D eigenvalue weighted by Crippen LogP contribution is -2.28. The van der Waals surface area contributed by atoms with Gasteiger partial charge < -0.3 is 10.1 Å². The zero-order chi connectivity index (χ0) is 13.2. The predicted octanol–water partition coefficient (Wildman–Crippen LogP) is 1.33. The molecule has 0 radical (unpaired) electrons. The van der Waals surface area contributed by atoms with Crippen molar-refractivity contribution in [3.8, 4) is 6.07 Å². The molecule has 1 heterocycles. The summed E-state index contributed by atoms with van der Waals surface area (Å²) >= 11 is 1.37.